The second-order valence-corrected chi connectivity index (χ2v) is 21.1. The molecule has 4 aromatic rings. The van der Waals surface area contributed by atoms with E-state index in [1.807, 2.05) is 72.7 Å². The van der Waals surface area contributed by atoms with Gasteiger partial charge in [-0.05, 0) is 80.5 Å². The minimum Gasteiger partial charge on any atom is -0.497 e. The highest BCUT2D eigenvalue weighted by atomic mass is 32.1. The van der Waals surface area contributed by atoms with Gasteiger partial charge in [0.1, 0.15) is 40.9 Å². The fourth-order valence-electron chi connectivity index (χ4n) is 10.0. The smallest absolute Gasteiger partial charge is 0.329 e. The Labute approximate surface area is 396 Å². The number of nitrogens with one attached hydrogen (secondary N) is 3. The van der Waals surface area contributed by atoms with Crippen LogP contribution < -0.4 is 25.4 Å². The van der Waals surface area contributed by atoms with Crippen molar-refractivity contribution in [1.29, 1.82) is 0 Å². The number of ether oxygens (including phenoxy) is 2. The van der Waals surface area contributed by atoms with Gasteiger partial charge in [0.05, 0.1) is 24.9 Å². The number of rotatable bonds is 12. The molecule has 1 aliphatic carbocycles. The van der Waals surface area contributed by atoms with Crippen LogP contribution in [-0.4, -0.2) is 111 Å². The summed E-state index contributed by atoms with van der Waals surface area (Å²) in [6.07, 6.45) is 5.77. The number of thiazole rings is 1. The highest BCUT2D eigenvalue weighted by molar-refractivity contribution is 7.14. The van der Waals surface area contributed by atoms with Crippen LogP contribution in [0.25, 0.3) is 22.3 Å². The number of pyridine rings is 1. The Morgan fingerprint density at radius 1 is 1.00 bits per heavy atom. The normalized spacial score (nSPS) is 24.1. The molecule has 2 aromatic carbocycles. The number of aromatic nitrogens is 2. The van der Waals surface area contributed by atoms with E-state index in [2.05, 4.69) is 36.7 Å². The average Bonchev–Trinajstić information content (AvgIpc) is 3.55. The van der Waals surface area contributed by atoms with Crippen molar-refractivity contribution in [1.82, 2.24) is 30.4 Å². The van der Waals surface area contributed by atoms with E-state index in [1.165, 1.54) is 16.2 Å². The molecule has 0 bridgehead atoms. The number of carbonyl (C=O) groups is 5. The lowest BCUT2D eigenvalue weighted by atomic mass is 9.77. The Bertz CT molecular complexity index is 2500. The molecule has 8 rings (SSSR count). The van der Waals surface area contributed by atoms with Gasteiger partial charge in [0, 0.05) is 60.4 Å². The SMILES string of the molecule is COc1ccc2c(O[C@@H]3C[C@H]4C(=O)N[C@]5(C(=O)O)CC5CCCCCCC[C@H](NC(=O)C[C@H](CN5CCc6ccccc6C5=O)C(C)(C)C)C(=O)N4C3)cc(-c3csc(NC(C)C)n3)nc2c1. The van der Waals surface area contributed by atoms with E-state index in [4.69, 9.17) is 19.4 Å². The first kappa shape index (κ1) is 47.7. The van der Waals surface area contributed by atoms with E-state index >= 15 is 4.79 Å². The van der Waals surface area contributed by atoms with Gasteiger partial charge in [0.15, 0.2) is 5.13 Å². The molecule has 3 fully saturated rings. The van der Waals surface area contributed by atoms with Crippen LogP contribution in [0.1, 0.15) is 115 Å². The fraction of sp³-hybridized carbons (Fsp3) is 0.549. The molecule has 0 spiro atoms. The number of methoxy groups -OCH3 is 1. The summed E-state index contributed by atoms with van der Waals surface area (Å²) in [6.45, 7) is 11.2. The van der Waals surface area contributed by atoms with Gasteiger partial charge >= 0.3 is 5.97 Å². The monoisotopic (exact) mass is 935 g/mol. The Morgan fingerprint density at radius 2 is 1.76 bits per heavy atom. The molecule has 4 amide bonds. The second kappa shape index (κ2) is 19.8. The molecule has 358 valence electrons. The van der Waals surface area contributed by atoms with E-state index in [0.717, 1.165) is 42.8 Å². The van der Waals surface area contributed by atoms with E-state index in [0.29, 0.717) is 78.1 Å². The van der Waals surface area contributed by atoms with Crippen molar-refractivity contribution in [2.45, 2.75) is 135 Å². The number of hydrogen-bond donors (Lipinski definition) is 4. The largest absolute Gasteiger partial charge is 0.497 e. The molecule has 6 atom stereocenters. The van der Waals surface area contributed by atoms with Crippen LogP contribution in [0.15, 0.2) is 53.9 Å². The molecular weight excluding hydrogens is 871 g/mol. The number of hydrogen-bond acceptors (Lipinski definition) is 11. The van der Waals surface area contributed by atoms with Crippen LogP contribution in [-0.2, 0) is 25.6 Å². The van der Waals surface area contributed by atoms with Crippen molar-refractivity contribution >= 4 is 57.0 Å². The zero-order valence-corrected chi connectivity index (χ0v) is 40.4. The van der Waals surface area contributed by atoms with Crippen molar-refractivity contribution in [2.24, 2.45) is 17.3 Å². The third-order valence-electron chi connectivity index (χ3n) is 14.1. The Kier molecular flexibility index (Phi) is 14.1. The second-order valence-electron chi connectivity index (χ2n) is 20.3. The van der Waals surface area contributed by atoms with E-state index in [1.54, 1.807) is 7.11 Å². The predicted molar refractivity (Wildman–Crippen MR) is 257 cm³/mol. The summed E-state index contributed by atoms with van der Waals surface area (Å²) in [5.74, 6) is -1.73. The summed E-state index contributed by atoms with van der Waals surface area (Å²) >= 11 is 1.47. The third-order valence-corrected chi connectivity index (χ3v) is 14.9. The lowest BCUT2D eigenvalue weighted by molar-refractivity contribution is -0.146. The Morgan fingerprint density at radius 3 is 2.51 bits per heavy atom. The maximum absolute atomic E-state index is 15.1. The third kappa shape index (κ3) is 10.7. The number of benzene rings is 2. The molecule has 16 heteroatoms. The first-order valence-electron chi connectivity index (χ1n) is 23.9. The standard InChI is InChI=1S/C51H65N7O8S/c1-30(2)52-49-55-41(29-67-49)40-25-43(37-19-18-34(65-6)23-39(37)53-40)66-35-24-42-45(60)56-51(48(63)64)26-32(51)15-10-8-7-9-11-17-38(47(62)58(42)28-35)54-44(59)22-33(50(3,4)5)27-57-21-20-31-14-12-13-16-36(31)46(57)61/h12-14,16,18-19,23,25,29-30,32-33,35,38,42H,7-11,15,17,20-22,24,26-28H2,1-6H3,(H,52,55)(H,54,59)(H,56,60)(H,63,64)/t32?,33-,35-,38+,42+,51-/m1/s1. The molecule has 4 aliphatic rings. The summed E-state index contributed by atoms with van der Waals surface area (Å²) in [7, 11) is 1.59. The molecule has 1 saturated carbocycles. The Hall–Kier alpha value is -5.77. The van der Waals surface area contributed by atoms with Crippen LogP contribution in [0.2, 0.25) is 0 Å². The molecule has 0 radical (unpaired) electrons. The number of carbonyl (C=O) groups excluding carboxylic acids is 4. The molecule has 2 saturated heterocycles. The van der Waals surface area contributed by atoms with Crippen LogP contribution in [0.5, 0.6) is 11.5 Å². The van der Waals surface area contributed by atoms with Crippen molar-refractivity contribution in [3.63, 3.8) is 0 Å². The summed E-state index contributed by atoms with van der Waals surface area (Å²) < 4.78 is 12.4. The lowest BCUT2D eigenvalue weighted by Crippen LogP contribution is -2.56. The number of carboxylic acids is 1. The maximum Gasteiger partial charge on any atom is 0.329 e. The molecular formula is C51H65N7O8S. The van der Waals surface area contributed by atoms with Crippen molar-refractivity contribution in [3.05, 3.63) is 65.0 Å². The summed E-state index contributed by atoms with van der Waals surface area (Å²) in [5, 5.41) is 23.2. The highest BCUT2D eigenvalue weighted by Gasteiger charge is 2.62. The quantitative estimate of drug-likeness (QED) is 0.110. The average molecular weight is 936 g/mol. The lowest BCUT2D eigenvalue weighted by Gasteiger charge is -2.37. The van der Waals surface area contributed by atoms with Gasteiger partial charge in [0.25, 0.3) is 5.91 Å². The minimum atomic E-state index is -1.40. The number of fused-ring (bicyclic) bond motifs is 4. The highest BCUT2D eigenvalue weighted by Crippen LogP contribution is 2.48. The number of aliphatic carboxylic acids is 1. The zero-order valence-electron chi connectivity index (χ0n) is 39.6. The van der Waals surface area contributed by atoms with Crippen LogP contribution >= 0.6 is 11.3 Å². The summed E-state index contributed by atoms with van der Waals surface area (Å²) in [4.78, 5) is 83.4. The van der Waals surface area contributed by atoms with Gasteiger partial charge in [-0.1, -0.05) is 71.1 Å². The molecule has 5 heterocycles. The van der Waals surface area contributed by atoms with Crippen LogP contribution in [0, 0.1) is 17.3 Å². The summed E-state index contributed by atoms with van der Waals surface area (Å²) in [5.41, 5.74) is 1.79. The Balaban J connectivity index is 1.07. The van der Waals surface area contributed by atoms with Crippen molar-refractivity contribution < 1.29 is 38.6 Å². The number of carboxylic acid groups (broad SMARTS) is 1. The molecule has 3 aliphatic heterocycles. The van der Waals surface area contributed by atoms with Gasteiger partial charge in [-0.15, -0.1) is 11.3 Å². The molecule has 15 nitrogen and oxygen atoms in total. The van der Waals surface area contributed by atoms with Gasteiger partial charge in [-0.25, -0.2) is 14.8 Å². The molecule has 4 N–H and O–H groups in total. The van der Waals surface area contributed by atoms with Crippen LogP contribution in [0.3, 0.4) is 0 Å². The predicted octanol–water partition coefficient (Wildman–Crippen LogP) is 7.48. The first-order chi connectivity index (χ1) is 32.0. The maximum atomic E-state index is 15.1. The topological polar surface area (TPSA) is 192 Å². The fourth-order valence-corrected chi connectivity index (χ4v) is 10.9. The van der Waals surface area contributed by atoms with Gasteiger partial charge < -0.3 is 40.3 Å². The molecule has 67 heavy (non-hydrogen) atoms. The van der Waals surface area contributed by atoms with Crippen LogP contribution in [0.4, 0.5) is 5.13 Å². The van der Waals surface area contributed by atoms with Crippen molar-refractivity contribution in [3.8, 4) is 22.9 Å². The van der Waals surface area contributed by atoms with E-state index < -0.39 is 41.5 Å². The first-order valence-corrected chi connectivity index (χ1v) is 24.8. The zero-order chi connectivity index (χ0) is 47.6. The minimum absolute atomic E-state index is 0.0183. The van der Waals surface area contributed by atoms with Gasteiger partial charge in [-0.2, -0.15) is 0 Å². The molecule has 2 aromatic heterocycles. The number of nitrogens with zero attached hydrogens (tertiary/aromatic N) is 4. The van der Waals surface area contributed by atoms with E-state index in [9.17, 15) is 24.3 Å². The summed E-state index contributed by atoms with van der Waals surface area (Å²) in [6, 6.07) is 13.1. The number of anilines is 1. The van der Waals surface area contributed by atoms with Gasteiger partial charge in [-0.3, -0.25) is 19.2 Å². The van der Waals surface area contributed by atoms with E-state index in [-0.39, 0.29) is 54.5 Å². The van der Waals surface area contributed by atoms with Gasteiger partial charge in [0.2, 0.25) is 17.7 Å². The molecule has 1 unspecified atom stereocenters. The number of amides is 4. The van der Waals surface area contributed by atoms with Crippen molar-refractivity contribution in [2.75, 3.05) is 32.1 Å².